The van der Waals surface area contributed by atoms with Gasteiger partial charge in [0.15, 0.2) is 16.7 Å². The molecule has 0 unspecified atom stereocenters. The quantitative estimate of drug-likeness (QED) is 0.427. The lowest BCUT2D eigenvalue weighted by atomic mass is 9.86. The number of carbonyl (C=O) groups is 2. The van der Waals surface area contributed by atoms with E-state index in [4.69, 9.17) is 9.47 Å². The fraction of sp³-hybridized carbons (Fsp3) is 0.429. The van der Waals surface area contributed by atoms with E-state index in [9.17, 15) is 19.1 Å². The van der Waals surface area contributed by atoms with Crippen LogP contribution in [0, 0.1) is 17.7 Å². The Labute approximate surface area is 230 Å². The number of ether oxygens (including phenoxy) is 2. The van der Waals surface area contributed by atoms with Gasteiger partial charge in [-0.15, -0.1) is 11.3 Å². The van der Waals surface area contributed by atoms with Gasteiger partial charge in [0.2, 0.25) is 5.91 Å². The second kappa shape index (κ2) is 11.7. The second-order valence-corrected chi connectivity index (χ2v) is 10.8. The van der Waals surface area contributed by atoms with Crippen LogP contribution >= 0.6 is 11.3 Å². The molecule has 1 saturated heterocycles. The van der Waals surface area contributed by atoms with E-state index in [2.05, 4.69) is 9.97 Å². The van der Waals surface area contributed by atoms with Crippen LogP contribution in [0.2, 0.25) is 0 Å². The highest BCUT2D eigenvalue weighted by Gasteiger charge is 2.30. The molecule has 0 saturated carbocycles. The first-order valence-electron chi connectivity index (χ1n) is 13.0. The number of hydrogen-bond acceptors (Lipinski definition) is 8. The Kier molecular flexibility index (Phi) is 8.08. The van der Waals surface area contributed by atoms with Gasteiger partial charge in [0.05, 0.1) is 18.7 Å². The van der Waals surface area contributed by atoms with Crippen molar-refractivity contribution in [2.45, 2.75) is 25.7 Å². The number of pyridine rings is 1. The standard InChI is InChI=1S/C28H31FN4O5S/c1-32-7-10-38-24-12-19(15-30-26(24)32)21-4-3-20(29)14-22(21)23-16-39-28(31-23)33(2)27(36)18(13-25(34)35)11-17-5-8-37-9-6-17/h3-4,12,14-18H,5-11,13H2,1-2H3,(H,34,35)/t18-/m1/s1. The molecule has 5 rings (SSSR count). The van der Waals surface area contributed by atoms with Gasteiger partial charge in [0, 0.05) is 55.9 Å². The predicted octanol–water partition coefficient (Wildman–Crippen LogP) is 4.71. The van der Waals surface area contributed by atoms with E-state index in [-0.39, 0.29) is 18.2 Å². The van der Waals surface area contributed by atoms with Gasteiger partial charge >= 0.3 is 5.97 Å². The average Bonchev–Trinajstić information content (AvgIpc) is 3.42. The van der Waals surface area contributed by atoms with Crippen LogP contribution in [-0.2, 0) is 14.3 Å². The number of amides is 1. The van der Waals surface area contributed by atoms with Crippen molar-refractivity contribution in [3.63, 3.8) is 0 Å². The zero-order valence-corrected chi connectivity index (χ0v) is 22.7. The molecule has 1 N–H and O–H groups in total. The molecule has 9 nitrogen and oxygen atoms in total. The van der Waals surface area contributed by atoms with Crippen LogP contribution in [0.25, 0.3) is 22.4 Å². The van der Waals surface area contributed by atoms with Crippen molar-refractivity contribution in [1.82, 2.24) is 9.97 Å². The van der Waals surface area contributed by atoms with Crippen LogP contribution in [-0.4, -0.2) is 67.4 Å². The first-order valence-corrected chi connectivity index (χ1v) is 13.8. The number of aromatic nitrogens is 2. The van der Waals surface area contributed by atoms with Gasteiger partial charge < -0.3 is 19.5 Å². The van der Waals surface area contributed by atoms with Crippen molar-refractivity contribution in [1.29, 1.82) is 0 Å². The predicted molar refractivity (Wildman–Crippen MR) is 147 cm³/mol. The molecule has 0 bridgehead atoms. The van der Waals surface area contributed by atoms with E-state index in [1.165, 1.54) is 28.4 Å². The van der Waals surface area contributed by atoms with E-state index in [0.29, 0.717) is 48.4 Å². The Bertz CT molecular complexity index is 1360. The van der Waals surface area contributed by atoms with Crippen molar-refractivity contribution in [3.8, 4) is 28.1 Å². The maximum absolute atomic E-state index is 14.4. The molecule has 39 heavy (non-hydrogen) atoms. The lowest BCUT2D eigenvalue weighted by molar-refractivity contribution is -0.141. The number of benzene rings is 1. The zero-order valence-electron chi connectivity index (χ0n) is 21.9. The van der Waals surface area contributed by atoms with Gasteiger partial charge in [0.25, 0.3) is 0 Å². The fourth-order valence-electron chi connectivity index (χ4n) is 5.13. The normalized spacial score (nSPS) is 16.3. The minimum absolute atomic E-state index is 0.241. The molecule has 0 aliphatic carbocycles. The number of carboxylic acid groups (broad SMARTS) is 1. The number of carbonyl (C=O) groups excluding carboxylic acids is 1. The van der Waals surface area contributed by atoms with Crippen molar-refractivity contribution in [2.24, 2.45) is 11.8 Å². The number of fused-ring (bicyclic) bond motifs is 1. The molecule has 2 aliphatic rings. The smallest absolute Gasteiger partial charge is 0.304 e. The van der Waals surface area contributed by atoms with Crippen LogP contribution in [0.4, 0.5) is 15.3 Å². The summed E-state index contributed by atoms with van der Waals surface area (Å²) in [6.45, 7) is 2.56. The Balaban J connectivity index is 1.41. The third-order valence-electron chi connectivity index (χ3n) is 7.29. The molecule has 1 atom stereocenters. The maximum atomic E-state index is 14.4. The largest absolute Gasteiger partial charge is 0.488 e. The summed E-state index contributed by atoms with van der Waals surface area (Å²) in [4.78, 5) is 37.6. The average molecular weight is 555 g/mol. The van der Waals surface area contributed by atoms with Gasteiger partial charge in [-0.3, -0.25) is 14.5 Å². The monoisotopic (exact) mass is 554 g/mol. The summed E-state index contributed by atoms with van der Waals surface area (Å²) in [5.41, 5.74) is 2.57. The molecule has 4 heterocycles. The summed E-state index contributed by atoms with van der Waals surface area (Å²) >= 11 is 1.25. The number of thiazole rings is 1. The van der Waals surface area contributed by atoms with Gasteiger partial charge in [-0.25, -0.2) is 14.4 Å². The third-order valence-corrected chi connectivity index (χ3v) is 8.20. The molecule has 0 spiro atoms. The number of halogens is 1. The van der Waals surface area contributed by atoms with Gasteiger partial charge in [-0.2, -0.15) is 0 Å². The lowest BCUT2D eigenvalue weighted by Gasteiger charge is -2.27. The highest BCUT2D eigenvalue weighted by atomic mass is 32.1. The Morgan fingerprint density at radius 3 is 2.79 bits per heavy atom. The van der Waals surface area contributed by atoms with E-state index in [1.54, 1.807) is 24.7 Å². The molecule has 1 aromatic carbocycles. The first-order chi connectivity index (χ1) is 18.8. The van der Waals surface area contributed by atoms with Crippen molar-refractivity contribution in [3.05, 3.63) is 41.7 Å². The molecule has 2 aliphatic heterocycles. The molecule has 11 heteroatoms. The van der Waals surface area contributed by atoms with Crippen molar-refractivity contribution in [2.75, 3.05) is 50.3 Å². The third kappa shape index (κ3) is 6.04. The van der Waals surface area contributed by atoms with Crippen LogP contribution < -0.4 is 14.5 Å². The molecular weight excluding hydrogens is 523 g/mol. The molecule has 1 fully saturated rings. The highest BCUT2D eigenvalue weighted by molar-refractivity contribution is 7.14. The molecule has 0 radical (unpaired) electrons. The minimum atomic E-state index is -1.01. The number of anilines is 2. The Hall–Kier alpha value is -3.57. The summed E-state index contributed by atoms with van der Waals surface area (Å²) in [6.07, 6.45) is 3.62. The maximum Gasteiger partial charge on any atom is 0.304 e. The highest BCUT2D eigenvalue weighted by Crippen LogP contribution is 2.39. The SMILES string of the molecule is CN1CCOc2cc(-c3ccc(F)cc3-c3csc(N(C)C(=O)[C@@H](CC(=O)O)CC4CCOCC4)n3)cnc21. The number of nitrogens with zero attached hydrogens (tertiary/aromatic N) is 4. The Morgan fingerprint density at radius 1 is 1.23 bits per heavy atom. The molecule has 206 valence electrons. The number of hydrogen-bond donors (Lipinski definition) is 1. The lowest BCUT2D eigenvalue weighted by Crippen LogP contribution is -2.35. The van der Waals surface area contributed by atoms with Crippen molar-refractivity contribution >= 4 is 34.2 Å². The molecular formula is C28H31FN4O5S. The summed E-state index contributed by atoms with van der Waals surface area (Å²) in [6, 6.07) is 6.39. The van der Waals surface area contributed by atoms with Crippen LogP contribution in [0.15, 0.2) is 35.8 Å². The van der Waals surface area contributed by atoms with E-state index in [1.807, 2.05) is 18.0 Å². The summed E-state index contributed by atoms with van der Waals surface area (Å²) in [5, 5.41) is 11.7. The summed E-state index contributed by atoms with van der Waals surface area (Å²) < 4.78 is 25.6. The minimum Gasteiger partial charge on any atom is -0.488 e. The van der Waals surface area contributed by atoms with Crippen LogP contribution in [0.5, 0.6) is 5.75 Å². The van der Waals surface area contributed by atoms with Gasteiger partial charge in [-0.1, -0.05) is 6.07 Å². The molecule has 2 aromatic heterocycles. The van der Waals surface area contributed by atoms with Gasteiger partial charge in [-0.05, 0) is 48.9 Å². The number of aliphatic carboxylic acids is 1. The number of carboxylic acids is 1. The number of rotatable bonds is 8. The van der Waals surface area contributed by atoms with E-state index in [0.717, 1.165) is 36.3 Å². The molecule has 1 amide bonds. The zero-order chi connectivity index (χ0) is 27.5. The summed E-state index contributed by atoms with van der Waals surface area (Å²) in [5.74, 6) is -0.705. The second-order valence-electron chi connectivity index (χ2n) is 10.0. The van der Waals surface area contributed by atoms with Crippen LogP contribution in [0.1, 0.15) is 25.7 Å². The topological polar surface area (TPSA) is 105 Å². The Morgan fingerprint density at radius 2 is 2.03 bits per heavy atom. The summed E-state index contributed by atoms with van der Waals surface area (Å²) in [7, 11) is 3.56. The van der Waals surface area contributed by atoms with E-state index >= 15 is 0 Å². The molecule has 3 aromatic rings. The van der Waals surface area contributed by atoms with Gasteiger partial charge in [0.1, 0.15) is 12.4 Å². The fourth-order valence-corrected chi connectivity index (χ4v) is 5.93. The van der Waals surface area contributed by atoms with E-state index < -0.39 is 17.7 Å². The van der Waals surface area contributed by atoms with Crippen molar-refractivity contribution < 1.29 is 28.6 Å². The number of likely N-dealkylation sites (N-methyl/N-ethyl adjacent to an activating group) is 1. The first kappa shape index (κ1) is 27.0. The van der Waals surface area contributed by atoms with Crippen LogP contribution in [0.3, 0.4) is 0 Å².